The van der Waals surface area contributed by atoms with Gasteiger partial charge < -0.3 is 10.4 Å². The Hall–Kier alpha value is -2.62. The van der Waals surface area contributed by atoms with Gasteiger partial charge in [0.15, 0.2) is 0 Å². The van der Waals surface area contributed by atoms with Crippen molar-refractivity contribution in [2.75, 3.05) is 0 Å². The Balaban J connectivity index is 1.67. The van der Waals surface area contributed by atoms with Crippen LogP contribution in [0.5, 0.6) is 0 Å². The van der Waals surface area contributed by atoms with Gasteiger partial charge in [0.25, 0.3) is 0 Å². The predicted octanol–water partition coefficient (Wildman–Crippen LogP) is 3.82. The van der Waals surface area contributed by atoms with Crippen LogP contribution in [0.4, 0.5) is 0 Å². The first-order chi connectivity index (χ1) is 12.1. The molecule has 0 radical (unpaired) electrons. The number of benzene rings is 2. The van der Waals surface area contributed by atoms with Gasteiger partial charge in [-0.3, -0.25) is 9.59 Å². The lowest BCUT2D eigenvalue weighted by Crippen LogP contribution is -2.30. The monoisotopic (exact) mass is 337 g/mol. The molecule has 1 fully saturated rings. The van der Waals surface area contributed by atoms with Crippen molar-refractivity contribution < 1.29 is 14.7 Å². The highest BCUT2D eigenvalue weighted by Crippen LogP contribution is 2.48. The average Bonchev–Trinajstić information content (AvgIpc) is 3.40. The van der Waals surface area contributed by atoms with Crippen molar-refractivity contribution in [1.82, 2.24) is 5.32 Å². The van der Waals surface area contributed by atoms with Crippen molar-refractivity contribution >= 4 is 11.9 Å². The van der Waals surface area contributed by atoms with E-state index in [2.05, 4.69) is 24.4 Å². The first kappa shape index (κ1) is 17.2. The Bertz CT molecular complexity index is 757. The highest BCUT2D eigenvalue weighted by Gasteiger charge is 2.44. The number of aryl methyl sites for hydroxylation is 1. The number of carbonyl (C=O) groups is 2. The van der Waals surface area contributed by atoms with Crippen LogP contribution < -0.4 is 5.32 Å². The van der Waals surface area contributed by atoms with Gasteiger partial charge in [-0.25, -0.2) is 0 Å². The van der Waals surface area contributed by atoms with E-state index in [0.717, 1.165) is 12.0 Å². The third-order valence-electron chi connectivity index (χ3n) is 4.88. The summed E-state index contributed by atoms with van der Waals surface area (Å²) >= 11 is 0. The zero-order chi connectivity index (χ0) is 17.8. The van der Waals surface area contributed by atoms with Gasteiger partial charge in [0.1, 0.15) is 0 Å². The summed E-state index contributed by atoms with van der Waals surface area (Å²) in [6, 6.07) is 17.5. The molecule has 3 rings (SSSR count). The molecule has 1 amide bonds. The summed E-state index contributed by atoms with van der Waals surface area (Å²) in [5.41, 5.74) is 3.41. The fourth-order valence-electron chi connectivity index (χ4n) is 3.39. The van der Waals surface area contributed by atoms with Gasteiger partial charge >= 0.3 is 5.97 Å². The van der Waals surface area contributed by atoms with Gasteiger partial charge in [0.05, 0.1) is 6.04 Å². The molecule has 3 unspecified atom stereocenters. The largest absolute Gasteiger partial charge is 0.481 e. The smallest absolute Gasteiger partial charge is 0.303 e. The summed E-state index contributed by atoms with van der Waals surface area (Å²) in [7, 11) is 0. The van der Waals surface area contributed by atoms with Crippen LogP contribution in [0, 0.1) is 12.8 Å². The second-order valence-electron chi connectivity index (χ2n) is 6.71. The van der Waals surface area contributed by atoms with Crippen molar-refractivity contribution in [3.05, 3.63) is 71.3 Å². The highest BCUT2D eigenvalue weighted by atomic mass is 16.4. The SMILES string of the molecule is Cc1ccccc1C1CC1C(=O)NC(CCC(=O)O)c1ccccc1. The average molecular weight is 337 g/mol. The number of carboxylic acid groups (broad SMARTS) is 1. The molecule has 1 aliphatic carbocycles. The first-order valence-electron chi connectivity index (χ1n) is 8.69. The minimum absolute atomic E-state index is 0.0165. The number of nitrogens with one attached hydrogen (secondary N) is 1. The molecule has 0 bridgehead atoms. The summed E-state index contributed by atoms with van der Waals surface area (Å²) in [6.45, 7) is 2.07. The third kappa shape index (κ3) is 4.27. The van der Waals surface area contributed by atoms with Crippen molar-refractivity contribution in [2.45, 2.75) is 38.1 Å². The number of rotatable bonds is 7. The molecular formula is C21H23NO3. The van der Waals surface area contributed by atoms with Gasteiger partial charge in [-0.1, -0.05) is 54.6 Å². The van der Waals surface area contributed by atoms with E-state index in [-0.39, 0.29) is 30.2 Å². The predicted molar refractivity (Wildman–Crippen MR) is 96.2 cm³/mol. The van der Waals surface area contributed by atoms with Crippen molar-refractivity contribution in [1.29, 1.82) is 0 Å². The number of hydrogen-bond acceptors (Lipinski definition) is 2. The van der Waals surface area contributed by atoms with Crippen LogP contribution in [-0.2, 0) is 9.59 Å². The molecule has 130 valence electrons. The second kappa shape index (κ2) is 7.51. The second-order valence-corrected chi connectivity index (χ2v) is 6.71. The van der Waals surface area contributed by atoms with E-state index in [0.29, 0.717) is 6.42 Å². The molecular weight excluding hydrogens is 314 g/mol. The number of hydrogen-bond donors (Lipinski definition) is 2. The molecule has 2 aromatic rings. The zero-order valence-electron chi connectivity index (χ0n) is 14.3. The minimum atomic E-state index is -0.848. The van der Waals surface area contributed by atoms with Gasteiger partial charge in [0, 0.05) is 12.3 Å². The zero-order valence-corrected chi connectivity index (χ0v) is 14.3. The molecule has 1 aliphatic rings. The van der Waals surface area contributed by atoms with Gasteiger partial charge in [-0.05, 0) is 42.4 Å². The van der Waals surface area contributed by atoms with Crippen molar-refractivity contribution in [3.63, 3.8) is 0 Å². The van der Waals surface area contributed by atoms with E-state index < -0.39 is 5.97 Å². The Morgan fingerprint density at radius 3 is 2.48 bits per heavy atom. The highest BCUT2D eigenvalue weighted by molar-refractivity contribution is 5.83. The maximum Gasteiger partial charge on any atom is 0.303 e. The molecule has 4 heteroatoms. The molecule has 3 atom stereocenters. The molecule has 4 nitrogen and oxygen atoms in total. The molecule has 0 aromatic heterocycles. The topological polar surface area (TPSA) is 66.4 Å². The Morgan fingerprint density at radius 1 is 1.12 bits per heavy atom. The summed E-state index contributed by atoms with van der Waals surface area (Å²) in [6.07, 6.45) is 1.29. The van der Waals surface area contributed by atoms with Crippen LogP contribution in [0.3, 0.4) is 0 Å². The third-order valence-corrected chi connectivity index (χ3v) is 4.88. The summed E-state index contributed by atoms with van der Waals surface area (Å²) in [4.78, 5) is 23.6. The van der Waals surface area contributed by atoms with Crippen LogP contribution in [0.15, 0.2) is 54.6 Å². The molecule has 2 aromatic carbocycles. The van der Waals surface area contributed by atoms with Gasteiger partial charge in [0.2, 0.25) is 5.91 Å². The fraction of sp³-hybridized carbons (Fsp3) is 0.333. The quantitative estimate of drug-likeness (QED) is 0.807. The maximum atomic E-state index is 12.7. The van der Waals surface area contributed by atoms with Crippen LogP contribution in [0.25, 0.3) is 0 Å². The molecule has 25 heavy (non-hydrogen) atoms. The number of aliphatic carboxylic acids is 1. The van der Waals surface area contributed by atoms with Crippen LogP contribution in [0.2, 0.25) is 0 Å². The molecule has 0 saturated heterocycles. The Morgan fingerprint density at radius 2 is 1.80 bits per heavy atom. The van der Waals surface area contributed by atoms with E-state index in [1.807, 2.05) is 42.5 Å². The minimum Gasteiger partial charge on any atom is -0.481 e. The van der Waals surface area contributed by atoms with E-state index in [1.54, 1.807) is 0 Å². The molecule has 0 heterocycles. The Kier molecular flexibility index (Phi) is 5.17. The lowest BCUT2D eigenvalue weighted by Gasteiger charge is -2.19. The Labute approximate surface area is 147 Å². The molecule has 0 spiro atoms. The standard InChI is InChI=1S/C21H23NO3/c1-14-7-5-6-10-16(14)17-13-18(17)21(25)22-19(11-12-20(23)24)15-8-3-2-4-9-15/h2-10,17-19H,11-13H2,1H3,(H,22,25)(H,23,24). The number of carboxylic acids is 1. The number of amides is 1. The fourth-order valence-corrected chi connectivity index (χ4v) is 3.39. The van der Waals surface area contributed by atoms with E-state index in [9.17, 15) is 9.59 Å². The van der Waals surface area contributed by atoms with Gasteiger partial charge in [-0.2, -0.15) is 0 Å². The lowest BCUT2D eigenvalue weighted by molar-refractivity contribution is -0.137. The number of carbonyl (C=O) groups excluding carboxylic acids is 1. The summed E-state index contributed by atoms with van der Waals surface area (Å²) < 4.78 is 0. The molecule has 1 saturated carbocycles. The van der Waals surface area contributed by atoms with Crippen LogP contribution >= 0.6 is 0 Å². The molecule has 2 N–H and O–H groups in total. The van der Waals surface area contributed by atoms with Gasteiger partial charge in [-0.15, -0.1) is 0 Å². The molecule has 0 aliphatic heterocycles. The summed E-state index contributed by atoms with van der Waals surface area (Å²) in [5.74, 6) is -0.568. The lowest BCUT2D eigenvalue weighted by atomic mass is 10.0. The maximum absolute atomic E-state index is 12.7. The van der Waals surface area contributed by atoms with E-state index in [4.69, 9.17) is 5.11 Å². The van der Waals surface area contributed by atoms with Crippen molar-refractivity contribution in [2.24, 2.45) is 5.92 Å². The van der Waals surface area contributed by atoms with Crippen LogP contribution in [0.1, 0.15) is 47.9 Å². The van der Waals surface area contributed by atoms with E-state index in [1.165, 1.54) is 11.1 Å². The first-order valence-corrected chi connectivity index (χ1v) is 8.69. The summed E-state index contributed by atoms with van der Waals surface area (Å²) in [5, 5.41) is 12.0. The van der Waals surface area contributed by atoms with Crippen molar-refractivity contribution in [3.8, 4) is 0 Å². The van der Waals surface area contributed by atoms with E-state index >= 15 is 0 Å². The normalized spacial score (nSPS) is 19.9. The van der Waals surface area contributed by atoms with Crippen LogP contribution in [-0.4, -0.2) is 17.0 Å².